The van der Waals surface area contributed by atoms with Gasteiger partial charge in [0.05, 0.1) is 5.54 Å². The average molecular weight is 247 g/mol. The minimum Gasteiger partial charge on any atom is -0.314 e. The molecule has 0 amide bonds. The molecule has 0 bridgehead atoms. The Hall–Kier alpha value is -1.26. The second kappa shape index (κ2) is 5.16. The van der Waals surface area contributed by atoms with Gasteiger partial charge in [0.15, 0.2) is 5.78 Å². The van der Waals surface area contributed by atoms with Crippen molar-refractivity contribution >= 4 is 5.78 Å². The van der Waals surface area contributed by atoms with Gasteiger partial charge in [-0.3, -0.25) is 14.7 Å². The molecular weight excluding hydrogens is 226 g/mol. The monoisotopic (exact) mass is 247 g/mol. The van der Waals surface area contributed by atoms with Gasteiger partial charge in [0.2, 0.25) is 0 Å². The Morgan fingerprint density at radius 2 is 2.00 bits per heavy atom. The topological polar surface area (TPSA) is 45.2 Å². The third kappa shape index (κ3) is 2.60. The largest absolute Gasteiger partial charge is 0.314 e. The minimum atomic E-state index is -0.461. The van der Waals surface area contributed by atoms with E-state index < -0.39 is 5.54 Å². The molecule has 0 spiro atoms. The van der Waals surface area contributed by atoms with Gasteiger partial charge in [0.1, 0.15) is 0 Å². The van der Waals surface area contributed by atoms with Gasteiger partial charge < -0.3 is 5.32 Å². The molecular formula is C14H21N3O. The van der Waals surface area contributed by atoms with Gasteiger partial charge in [-0.1, -0.05) is 0 Å². The fraction of sp³-hybridized carbons (Fsp3) is 0.571. The van der Waals surface area contributed by atoms with Gasteiger partial charge in [-0.15, -0.1) is 0 Å². The van der Waals surface area contributed by atoms with Crippen LogP contribution in [0.3, 0.4) is 0 Å². The highest BCUT2D eigenvalue weighted by molar-refractivity contribution is 6.02. The molecule has 1 aromatic heterocycles. The van der Waals surface area contributed by atoms with Crippen molar-refractivity contribution in [3.63, 3.8) is 0 Å². The van der Waals surface area contributed by atoms with Gasteiger partial charge in [-0.2, -0.15) is 0 Å². The Kier molecular flexibility index (Phi) is 3.78. The molecule has 1 saturated heterocycles. The van der Waals surface area contributed by atoms with E-state index in [1.807, 2.05) is 26.8 Å². The second-order valence-corrected chi connectivity index (χ2v) is 5.38. The van der Waals surface area contributed by atoms with Crippen LogP contribution >= 0.6 is 0 Å². The Morgan fingerprint density at radius 1 is 1.33 bits per heavy atom. The summed E-state index contributed by atoms with van der Waals surface area (Å²) < 4.78 is 0. The number of aryl methyl sites for hydroxylation is 1. The smallest absolute Gasteiger partial charge is 0.184 e. The van der Waals surface area contributed by atoms with Crippen LogP contribution in [-0.4, -0.2) is 47.4 Å². The van der Waals surface area contributed by atoms with Crippen LogP contribution in [0, 0.1) is 6.92 Å². The van der Waals surface area contributed by atoms with Crippen LogP contribution in [0.15, 0.2) is 18.5 Å². The molecule has 4 nitrogen and oxygen atoms in total. The van der Waals surface area contributed by atoms with E-state index in [-0.39, 0.29) is 5.78 Å². The number of Topliss-reactive ketones (excluding diaryl/α,β-unsaturated/α-hetero) is 1. The van der Waals surface area contributed by atoms with Crippen molar-refractivity contribution in [1.29, 1.82) is 0 Å². The normalized spacial score (nSPS) is 17.7. The molecule has 0 radical (unpaired) electrons. The summed E-state index contributed by atoms with van der Waals surface area (Å²) in [5.41, 5.74) is 1.27. The summed E-state index contributed by atoms with van der Waals surface area (Å²) in [4.78, 5) is 19.0. The quantitative estimate of drug-likeness (QED) is 0.817. The summed E-state index contributed by atoms with van der Waals surface area (Å²) >= 11 is 0. The zero-order valence-corrected chi connectivity index (χ0v) is 11.4. The Bertz CT molecular complexity index is 436. The van der Waals surface area contributed by atoms with Gasteiger partial charge >= 0.3 is 0 Å². The molecule has 2 rings (SSSR count). The molecule has 1 aliphatic heterocycles. The number of carbonyl (C=O) groups is 1. The van der Waals surface area contributed by atoms with Crippen LogP contribution in [0.4, 0.5) is 0 Å². The number of hydrogen-bond acceptors (Lipinski definition) is 4. The lowest BCUT2D eigenvalue weighted by atomic mass is 9.91. The van der Waals surface area contributed by atoms with Crippen molar-refractivity contribution < 1.29 is 4.79 Å². The second-order valence-electron chi connectivity index (χ2n) is 5.38. The Balaban J connectivity index is 2.20. The summed E-state index contributed by atoms with van der Waals surface area (Å²) in [5.74, 6) is 0.153. The Morgan fingerprint density at radius 3 is 2.61 bits per heavy atom. The highest BCUT2D eigenvalue weighted by atomic mass is 16.1. The molecule has 98 valence electrons. The number of nitrogens with zero attached hydrogens (tertiary/aromatic N) is 2. The zero-order valence-electron chi connectivity index (χ0n) is 11.4. The first-order chi connectivity index (χ1) is 8.51. The van der Waals surface area contributed by atoms with Gasteiger partial charge in [0.25, 0.3) is 0 Å². The first-order valence-electron chi connectivity index (χ1n) is 6.44. The maximum Gasteiger partial charge on any atom is 0.184 e. The molecule has 1 N–H and O–H groups in total. The third-order valence-electron chi connectivity index (χ3n) is 3.60. The maximum absolute atomic E-state index is 12.6. The molecule has 0 saturated carbocycles. The number of piperazine rings is 1. The molecule has 1 aliphatic rings. The summed E-state index contributed by atoms with van der Waals surface area (Å²) in [6, 6.07) is 1.92. The van der Waals surface area contributed by atoms with Crippen LogP contribution in [0.2, 0.25) is 0 Å². The van der Waals surface area contributed by atoms with E-state index in [1.165, 1.54) is 0 Å². The predicted octanol–water partition coefficient (Wildman–Crippen LogP) is 1.26. The van der Waals surface area contributed by atoms with Crippen LogP contribution < -0.4 is 5.32 Å². The average Bonchev–Trinajstić information content (AvgIpc) is 2.39. The maximum atomic E-state index is 12.6. The fourth-order valence-corrected chi connectivity index (χ4v) is 2.40. The molecule has 0 aromatic carbocycles. The first-order valence-corrected chi connectivity index (χ1v) is 6.44. The number of hydrogen-bond donors (Lipinski definition) is 1. The van der Waals surface area contributed by atoms with Crippen LogP contribution in [0.1, 0.15) is 29.8 Å². The van der Waals surface area contributed by atoms with Crippen molar-refractivity contribution in [2.75, 3.05) is 26.2 Å². The number of aromatic nitrogens is 1. The molecule has 1 fully saturated rings. The van der Waals surface area contributed by atoms with E-state index in [1.54, 1.807) is 12.4 Å². The molecule has 4 heteroatoms. The van der Waals surface area contributed by atoms with E-state index in [4.69, 9.17) is 0 Å². The zero-order chi connectivity index (χ0) is 13.2. The first kappa shape index (κ1) is 13.2. The molecule has 18 heavy (non-hydrogen) atoms. The van der Waals surface area contributed by atoms with Crippen molar-refractivity contribution in [3.05, 3.63) is 29.6 Å². The third-order valence-corrected chi connectivity index (χ3v) is 3.60. The van der Waals surface area contributed by atoms with E-state index >= 15 is 0 Å². The standard InChI is InChI=1S/C14H21N3O/c1-11-8-12(10-16-9-11)13(18)14(2,3)17-6-4-15-5-7-17/h8-10,15H,4-7H2,1-3H3. The van der Waals surface area contributed by atoms with Gasteiger partial charge in [-0.05, 0) is 32.4 Å². The van der Waals surface area contributed by atoms with Crippen molar-refractivity contribution in [2.45, 2.75) is 26.3 Å². The predicted molar refractivity (Wildman–Crippen MR) is 71.8 cm³/mol. The number of pyridine rings is 1. The lowest BCUT2D eigenvalue weighted by Gasteiger charge is -2.39. The Labute approximate surface area is 108 Å². The molecule has 1 aromatic rings. The number of carbonyl (C=O) groups excluding carboxylic acids is 1. The lowest BCUT2D eigenvalue weighted by molar-refractivity contribution is 0.0602. The highest BCUT2D eigenvalue weighted by Crippen LogP contribution is 2.21. The molecule has 0 unspecified atom stereocenters. The van der Waals surface area contributed by atoms with Crippen LogP contribution in [0.25, 0.3) is 0 Å². The van der Waals surface area contributed by atoms with E-state index in [0.717, 1.165) is 31.7 Å². The van der Waals surface area contributed by atoms with Crippen LogP contribution in [-0.2, 0) is 0 Å². The van der Waals surface area contributed by atoms with Gasteiger partial charge in [0, 0.05) is 44.1 Å². The number of nitrogens with one attached hydrogen (secondary N) is 1. The van der Waals surface area contributed by atoms with Crippen molar-refractivity contribution in [3.8, 4) is 0 Å². The summed E-state index contributed by atoms with van der Waals surface area (Å²) in [7, 11) is 0. The van der Waals surface area contributed by atoms with Crippen LogP contribution in [0.5, 0.6) is 0 Å². The lowest BCUT2D eigenvalue weighted by Crippen LogP contribution is -2.57. The van der Waals surface area contributed by atoms with Crippen molar-refractivity contribution in [2.24, 2.45) is 0 Å². The summed E-state index contributed by atoms with van der Waals surface area (Å²) in [5, 5.41) is 3.31. The molecule has 0 aliphatic carbocycles. The fourth-order valence-electron chi connectivity index (χ4n) is 2.40. The van der Waals surface area contributed by atoms with Crippen molar-refractivity contribution in [1.82, 2.24) is 15.2 Å². The molecule has 0 atom stereocenters. The number of rotatable bonds is 3. The SMILES string of the molecule is Cc1cncc(C(=O)C(C)(C)N2CCNCC2)c1. The van der Waals surface area contributed by atoms with E-state index in [2.05, 4.69) is 15.2 Å². The summed E-state index contributed by atoms with van der Waals surface area (Å²) in [6.07, 6.45) is 3.44. The minimum absolute atomic E-state index is 0.153. The highest BCUT2D eigenvalue weighted by Gasteiger charge is 2.35. The number of ketones is 1. The van der Waals surface area contributed by atoms with E-state index in [0.29, 0.717) is 5.56 Å². The molecule has 2 heterocycles. The van der Waals surface area contributed by atoms with E-state index in [9.17, 15) is 4.79 Å². The van der Waals surface area contributed by atoms with Gasteiger partial charge in [-0.25, -0.2) is 0 Å². The summed E-state index contributed by atoms with van der Waals surface area (Å²) in [6.45, 7) is 9.69.